The summed E-state index contributed by atoms with van der Waals surface area (Å²) >= 11 is 0. The highest BCUT2D eigenvalue weighted by Gasteiger charge is 2.29. The van der Waals surface area contributed by atoms with Gasteiger partial charge in [-0.25, -0.2) is 0 Å². The predicted octanol–water partition coefficient (Wildman–Crippen LogP) is 5.95. The molecule has 4 aliphatic rings. The highest BCUT2D eigenvalue weighted by atomic mass is 16.3. The normalized spacial score (nSPS) is 28.0. The lowest BCUT2D eigenvalue weighted by Gasteiger charge is -2.24. The van der Waals surface area contributed by atoms with Gasteiger partial charge in [-0.15, -0.1) is 0 Å². The quantitative estimate of drug-likeness (QED) is 0.381. The van der Waals surface area contributed by atoms with E-state index >= 15 is 0 Å². The minimum absolute atomic E-state index is 0.250. The van der Waals surface area contributed by atoms with Gasteiger partial charge in [0.2, 0.25) is 0 Å². The number of aliphatic hydroxyl groups is 4. The summed E-state index contributed by atoms with van der Waals surface area (Å²) in [6.45, 7) is 7.72. The van der Waals surface area contributed by atoms with Gasteiger partial charge in [-0.2, -0.15) is 0 Å². The van der Waals surface area contributed by atoms with E-state index in [1.54, 1.807) is 79.1 Å². The van der Waals surface area contributed by atoms with Crippen LogP contribution in [-0.2, 0) is 0 Å². The average molecular weight is 433 g/mol. The minimum Gasteiger partial charge on any atom is -0.397 e. The highest BCUT2D eigenvalue weighted by Crippen LogP contribution is 2.42. The van der Waals surface area contributed by atoms with Crippen molar-refractivity contribution in [3.63, 3.8) is 0 Å². The molecule has 0 spiro atoms. The zero-order chi connectivity index (χ0) is 23.0. The largest absolute Gasteiger partial charge is 0.397 e. The topological polar surface area (TPSA) is 80.9 Å². The molecule has 4 rings (SSSR count). The Labute approximate surface area is 188 Å². The fraction of sp³-hybridized carbons (Fsp3) is 1.00. The molecule has 0 bridgehead atoms. The SMILES string of the molecule is C1CCC2CCCC2C1.C1CCC2CCCC2C1.CCO.CCO.CCO.CCO. The molecule has 0 aromatic carbocycles. The van der Waals surface area contributed by atoms with Gasteiger partial charge in [0.15, 0.2) is 0 Å². The number of rotatable bonds is 0. The molecule has 4 fully saturated rings. The molecular weight excluding hydrogens is 376 g/mol. The van der Waals surface area contributed by atoms with E-state index < -0.39 is 0 Å². The van der Waals surface area contributed by atoms with Gasteiger partial charge >= 0.3 is 0 Å². The smallest absolute Gasteiger partial charge is 0.0402 e. The molecule has 0 aliphatic heterocycles. The molecule has 0 aromatic rings. The van der Waals surface area contributed by atoms with Gasteiger partial charge in [-0.05, 0) is 51.4 Å². The molecule has 4 N–H and O–H groups in total. The van der Waals surface area contributed by atoms with Crippen molar-refractivity contribution in [1.29, 1.82) is 0 Å². The van der Waals surface area contributed by atoms with E-state index in [-0.39, 0.29) is 26.4 Å². The number of aliphatic hydroxyl groups excluding tert-OH is 4. The number of hydrogen-bond donors (Lipinski definition) is 4. The van der Waals surface area contributed by atoms with Crippen molar-refractivity contribution < 1.29 is 20.4 Å². The van der Waals surface area contributed by atoms with Crippen molar-refractivity contribution >= 4 is 0 Å². The summed E-state index contributed by atoms with van der Waals surface area (Å²) in [4.78, 5) is 0. The molecule has 0 amide bonds. The maximum absolute atomic E-state index is 7.57. The summed E-state index contributed by atoms with van der Waals surface area (Å²) < 4.78 is 0. The fourth-order valence-electron chi connectivity index (χ4n) is 5.37. The molecule has 184 valence electrons. The van der Waals surface area contributed by atoms with Crippen LogP contribution < -0.4 is 0 Å². The number of fused-ring (bicyclic) bond motifs is 2. The summed E-state index contributed by atoms with van der Waals surface area (Å²) in [6.07, 6.45) is 21.7. The standard InChI is InChI=1S/2C9H16.4C2H6O/c2*1-2-5-9-7-3-6-8(9)4-1;4*1-2-3/h2*8-9H,1-7H2;4*3H,2H2,1H3. The lowest BCUT2D eigenvalue weighted by Crippen LogP contribution is -2.12. The van der Waals surface area contributed by atoms with Gasteiger partial charge in [0.25, 0.3) is 0 Å². The van der Waals surface area contributed by atoms with E-state index in [9.17, 15) is 0 Å². The molecule has 4 heteroatoms. The molecule has 4 aliphatic carbocycles. The van der Waals surface area contributed by atoms with Crippen molar-refractivity contribution in [2.75, 3.05) is 26.4 Å². The Balaban J connectivity index is 0. The Bertz CT molecular complexity index is 253. The summed E-state index contributed by atoms with van der Waals surface area (Å²) in [6, 6.07) is 0. The van der Waals surface area contributed by atoms with Crippen LogP contribution in [0.5, 0.6) is 0 Å². The lowest BCUT2D eigenvalue weighted by molar-refractivity contribution is 0.277. The number of hydrogen-bond acceptors (Lipinski definition) is 4. The molecule has 4 unspecified atom stereocenters. The van der Waals surface area contributed by atoms with Crippen molar-refractivity contribution in [2.24, 2.45) is 23.7 Å². The van der Waals surface area contributed by atoms with Gasteiger partial charge in [-0.1, -0.05) is 89.9 Å². The Kier molecular flexibility index (Phi) is 26.8. The first-order chi connectivity index (χ1) is 14.6. The molecule has 4 saturated carbocycles. The zero-order valence-electron chi connectivity index (χ0n) is 20.8. The Morgan fingerprint density at radius 1 is 0.367 bits per heavy atom. The Hall–Kier alpha value is -0.160. The third-order valence-corrected chi connectivity index (χ3v) is 6.43. The molecule has 4 nitrogen and oxygen atoms in total. The van der Waals surface area contributed by atoms with E-state index in [0.717, 1.165) is 0 Å². The third-order valence-electron chi connectivity index (χ3n) is 6.43. The molecular formula is C26H56O4. The van der Waals surface area contributed by atoms with Crippen LogP contribution in [0.3, 0.4) is 0 Å². The Morgan fingerprint density at radius 2 is 0.500 bits per heavy atom. The Morgan fingerprint density at radius 3 is 0.667 bits per heavy atom. The van der Waals surface area contributed by atoms with Crippen LogP contribution in [0.4, 0.5) is 0 Å². The average Bonchev–Trinajstić information content (AvgIpc) is 3.40. The van der Waals surface area contributed by atoms with Crippen molar-refractivity contribution in [3.05, 3.63) is 0 Å². The fourth-order valence-corrected chi connectivity index (χ4v) is 5.37. The van der Waals surface area contributed by atoms with E-state index in [1.807, 2.05) is 0 Å². The van der Waals surface area contributed by atoms with Crippen LogP contribution >= 0.6 is 0 Å². The van der Waals surface area contributed by atoms with Crippen LogP contribution in [0.1, 0.15) is 118 Å². The summed E-state index contributed by atoms with van der Waals surface area (Å²) in [5.41, 5.74) is 0. The molecule has 0 aromatic heterocycles. The summed E-state index contributed by atoms with van der Waals surface area (Å²) in [5, 5.41) is 30.3. The maximum atomic E-state index is 7.57. The summed E-state index contributed by atoms with van der Waals surface area (Å²) in [5.74, 6) is 4.66. The van der Waals surface area contributed by atoms with Crippen LogP contribution in [-0.4, -0.2) is 46.9 Å². The second-order valence-corrected chi connectivity index (χ2v) is 8.74. The first kappa shape index (κ1) is 32.0. The van der Waals surface area contributed by atoms with Crippen LogP contribution in [0.25, 0.3) is 0 Å². The van der Waals surface area contributed by atoms with Crippen LogP contribution in [0.15, 0.2) is 0 Å². The van der Waals surface area contributed by atoms with Gasteiger partial charge in [0.05, 0.1) is 0 Å². The molecule has 4 atom stereocenters. The second kappa shape index (κ2) is 25.1. The van der Waals surface area contributed by atoms with Crippen molar-refractivity contribution in [2.45, 2.75) is 118 Å². The van der Waals surface area contributed by atoms with E-state index in [0.29, 0.717) is 0 Å². The molecule has 0 heterocycles. The molecule has 0 saturated heterocycles. The minimum atomic E-state index is 0.250. The van der Waals surface area contributed by atoms with Gasteiger partial charge in [0, 0.05) is 26.4 Å². The van der Waals surface area contributed by atoms with Crippen molar-refractivity contribution in [3.8, 4) is 0 Å². The van der Waals surface area contributed by atoms with Gasteiger partial charge in [0.1, 0.15) is 0 Å². The third kappa shape index (κ3) is 17.5. The van der Waals surface area contributed by atoms with Gasteiger partial charge < -0.3 is 20.4 Å². The van der Waals surface area contributed by atoms with E-state index in [2.05, 4.69) is 0 Å². The monoisotopic (exact) mass is 432 g/mol. The first-order valence-electron chi connectivity index (χ1n) is 13.0. The molecule has 0 radical (unpaired) electrons. The van der Waals surface area contributed by atoms with Gasteiger partial charge in [-0.3, -0.25) is 0 Å². The first-order valence-corrected chi connectivity index (χ1v) is 13.0. The maximum Gasteiger partial charge on any atom is 0.0402 e. The zero-order valence-corrected chi connectivity index (χ0v) is 20.8. The van der Waals surface area contributed by atoms with Crippen molar-refractivity contribution in [1.82, 2.24) is 0 Å². The lowest BCUT2D eigenvalue weighted by atomic mass is 9.82. The summed E-state index contributed by atoms with van der Waals surface area (Å²) in [7, 11) is 0. The van der Waals surface area contributed by atoms with Crippen LogP contribution in [0.2, 0.25) is 0 Å². The van der Waals surface area contributed by atoms with Crippen LogP contribution in [0, 0.1) is 23.7 Å². The second-order valence-electron chi connectivity index (χ2n) is 8.74. The van der Waals surface area contributed by atoms with E-state index in [4.69, 9.17) is 20.4 Å². The molecule has 30 heavy (non-hydrogen) atoms. The van der Waals surface area contributed by atoms with E-state index in [1.165, 1.54) is 62.2 Å². The predicted molar refractivity (Wildman–Crippen MR) is 130 cm³/mol. The highest BCUT2D eigenvalue weighted by molar-refractivity contribution is 4.81.